The van der Waals surface area contributed by atoms with Crippen LogP contribution < -0.4 is 9.47 Å². The van der Waals surface area contributed by atoms with Gasteiger partial charge >= 0.3 is 0 Å². The summed E-state index contributed by atoms with van der Waals surface area (Å²) < 4.78 is 16.0. The molecule has 0 aliphatic carbocycles. The minimum atomic E-state index is 0.173. The SMILES string of the molecule is COc1ccc(-c2cc(CO/N=C/c3c(OC)ccc4ccccc34)on2)cc1. The number of oxime groups is 1. The van der Waals surface area contributed by atoms with Crippen LogP contribution in [0, 0.1) is 0 Å². The summed E-state index contributed by atoms with van der Waals surface area (Å²) in [6.07, 6.45) is 1.65. The predicted octanol–water partition coefficient (Wildman–Crippen LogP) is 5.06. The third kappa shape index (κ3) is 4.06. The molecule has 0 aliphatic heterocycles. The first-order valence-corrected chi connectivity index (χ1v) is 9.09. The van der Waals surface area contributed by atoms with Gasteiger partial charge in [0.2, 0.25) is 0 Å². The molecule has 0 saturated carbocycles. The number of hydrogen-bond acceptors (Lipinski definition) is 6. The van der Waals surface area contributed by atoms with Gasteiger partial charge < -0.3 is 18.8 Å². The fourth-order valence-electron chi connectivity index (χ4n) is 3.06. The van der Waals surface area contributed by atoms with E-state index in [9.17, 15) is 0 Å². The molecule has 6 heteroatoms. The lowest BCUT2D eigenvalue weighted by Crippen LogP contribution is -1.93. The van der Waals surface area contributed by atoms with Gasteiger partial charge in [-0.05, 0) is 41.1 Å². The van der Waals surface area contributed by atoms with Crippen molar-refractivity contribution in [1.82, 2.24) is 5.16 Å². The smallest absolute Gasteiger partial charge is 0.177 e. The molecular formula is C23H20N2O4. The standard InChI is InChI=1S/C23H20N2O4/c1-26-18-10-7-17(8-11-18)22-13-19(29-25-22)15-28-24-14-21-20-6-4-3-5-16(20)9-12-23(21)27-2/h3-14H,15H2,1-2H3/b24-14+. The van der Waals surface area contributed by atoms with Gasteiger partial charge in [-0.3, -0.25) is 0 Å². The van der Waals surface area contributed by atoms with E-state index in [1.807, 2.05) is 66.7 Å². The zero-order chi connectivity index (χ0) is 20.1. The van der Waals surface area contributed by atoms with Crippen molar-refractivity contribution in [1.29, 1.82) is 0 Å². The molecule has 0 N–H and O–H groups in total. The minimum absolute atomic E-state index is 0.173. The summed E-state index contributed by atoms with van der Waals surface area (Å²) in [5.74, 6) is 2.11. The molecule has 1 aromatic heterocycles. The third-order valence-electron chi connectivity index (χ3n) is 4.56. The van der Waals surface area contributed by atoms with E-state index in [2.05, 4.69) is 10.3 Å². The Balaban J connectivity index is 1.45. The zero-order valence-electron chi connectivity index (χ0n) is 16.2. The predicted molar refractivity (Wildman–Crippen MR) is 111 cm³/mol. The van der Waals surface area contributed by atoms with Gasteiger partial charge in [-0.25, -0.2) is 0 Å². The topological polar surface area (TPSA) is 66.1 Å². The van der Waals surface area contributed by atoms with Gasteiger partial charge in [-0.15, -0.1) is 0 Å². The second-order valence-corrected chi connectivity index (χ2v) is 6.32. The van der Waals surface area contributed by atoms with Crippen LogP contribution in [0.5, 0.6) is 11.5 Å². The van der Waals surface area contributed by atoms with Crippen molar-refractivity contribution in [3.8, 4) is 22.8 Å². The van der Waals surface area contributed by atoms with Crippen molar-refractivity contribution < 1.29 is 18.8 Å². The molecule has 3 aromatic carbocycles. The molecule has 0 aliphatic rings. The van der Waals surface area contributed by atoms with Crippen LogP contribution in [0.2, 0.25) is 0 Å². The summed E-state index contributed by atoms with van der Waals surface area (Å²) in [7, 11) is 3.27. The lowest BCUT2D eigenvalue weighted by Gasteiger charge is -2.08. The Morgan fingerprint density at radius 3 is 2.59 bits per heavy atom. The van der Waals surface area contributed by atoms with E-state index >= 15 is 0 Å². The summed E-state index contributed by atoms with van der Waals surface area (Å²) in [6, 6.07) is 21.4. The minimum Gasteiger partial charge on any atom is -0.497 e. The van der Waals surface area contributed by atoms with Gasteiger partial charge in [0.05, 0.1) is 20.4 Å². The molecule has 4 aromatic rings. The fourth-order valence-corrected chi connectivity index (χ4v) is 3.06. The summed E-state index contributed by atoms with van der Waals surface area (Å²) in [5, 5.41) is 10.3. The number of benzene rings is 3. The molecule has 146 valence electrons. The highest BCUT2D eigenvalue weighted by molar-refractivity contribution is 6.02. The summed E-state index contributed by atoms with van der Waals surface area (Å²) in [5.41, 5.74) is 2.53. The Labute approximate surface area is 168 Å². The average Bonchev–Trinajstić information content (AvgIpc) is 3.25. The van der Waals surface area contributed by atoms with E-state index in [1.165, 1.54) is 0 Å². The quantitative estimate of drug-likeness (QED) is 0.327. The molecule has 0 fully saturated rings. The molecule has 1 heterocycles. The average molecular weight is 388 g/mol. The van der Waals surface area contributed by atoms with Gasteiger partial charge in [0, 0.05) is 17.2 Å². The maximum Gasteiger partial charge on any atom is 0.177 e. The van der Waals surface area contributed by atoms with E-state index in [-0.39, 0.29) is 6.61 Å². The van der Waals surface area contributed by atoms with E-state index in [1.54, 1.807) is 20.4 Å². The highest BCUT2D eigenvalue weighted by atomic mass is 16.6. The highest BCUT2D eigenvalue weighted by Crippen LogP contribution is 2.26. The summed E-state index contributed by atoms with van der Waals surface area (Å²) in [4.78, 5) is 5.42. The monoisotopic (exact) mass is 388 g/mol. The first-order chi connectivity index (χ1) is 14.3. The number of fused-ring (bicyclic) bond motifs is 1. The van der Waals surface area contributed by atoms with Crippen LogP contribution in [-0.2, 0) is 11.4 Å². The van der Waals surface area contributed by atoms with Crippen LogP contribution in [0.15, 0.2) is 76.4 Å². The van der Waals surface area contributed by atoms with Crippen LogP contribution in [-0.4, -0.2) is 25.6 Å². The maximum atomic E-state index is 5.45. The summed E-state index contributed by atoms with van der Waals surface area (Å²) >= 11 is 0. The lowest BCUT2D eigenvalue weighted by atomic mass is 10.0. The van der Waals surface area contributed by atoms with Crippen molar-refractivity contribution in [2.24, 2.45) is 5.16 Å². The van der Waals surface area contributed by atoms with Gasteiger partial charge in [0.25, 0.3) is 0 Å². The fraction of sp³-hybridized carbons (Fsp3) is 0.130. The second kappa shape index (κ2) is 8.48. The normalized spacial score (nSPS) is 11.1. The Bertz CT molecular complexity index is 1130. The maximum absolute atomic E-state index is 5.45. The van der Waals surface area contributed by atoms with E-state index in [4.69, 9.17) is 18.8 Å². The molecule has 0 unspecified atom stereocenters. The molecule has 29 heavy (non-hydrogen) atoms. The first kappa shape index (κ1) is 18.6. The van der Waals surface area contributed by atoms with Crippen LogP contribution in [0.25, 0.3) is 22.0 Å². The van der Waals surface area contributed by atoms with Crippen molar-refractivity contribution in [2.75, 3.05) is 14.2 Å². The van der Waals surface area contributed by atoms with Crippen molar-refractivity contribution in [3.05, 3.63) is 78.1 Å². The van der Waals surface area contributed by atoms with E-state index in [0.29, 0.717) is 5.76 Å². The van der Waals surface area contributed by atoms with Gasteiger partial charge in [0.1, 0.15) is 17.2 Å². The molecule has 6 nitrogen and oxygen atoms in total. The zero-order valence-corrected chi connectivity index (χ0v) is 16.2. The van der Waals surface area contributed by atoms with Crippen LogP contribution >= 0.6 is 0 Å². The van der Waals surface area contributed by atoms with Gasteiger partial charge in [-0.2, -0.15) is 0 Å². The lowest BCUT2D eigenvalue weighted by molar-refractivity contribution is 0.110. The highest BCUT2D eigenvalue weighted by Gasteiger charge is 2.08. The third-order valence-corrected chi connectivity index (χ3v) is 4.56. The Morgan fingerprint density at radius 2 is 1.79 bits per heavy atom. The van der Waals surface area contributed by atoms with Crippen molar-refractivity contribution in [3.63, 3.8) is 0 Å². The van der Waals surface area contributed by atoms with Crippen molar-refractivity contribution in [2.45, 2.75) is 6.61 Å². The molecule has 0 spiro atoms. The van der Waals surface area contributed by atoms with Gasteiger partial charge in [0.15, 0.2) is 12.4 Å². The van der Waals surface area contributed by atoms with Crippen LogP contribution in [0.4, 0.5) is 0 Å². The number of ether oxygens (including phenoxy) is 2. The number of rotatable bonds is 7. The molecule has 0 amide bonds. The molecule has 0 radical (unpaired) electrons. The number of hydrogen-bond donors (Lipinski definition) is 0. The summed E-state index contributed by atoms with van der Waals surface area (Å²) in [6.45, 7) is 0.173. The van der Waals surface area contributed by atoms with Crippen LogP contribution in [0.1, 0.15) is 11.3 Å². The number of aromatic nitrogens is 1. The number of methoxy groups -OCH3 is 2. The molecule has 0 saturated heterocycles. The Kier molecular flexibility index (Phi) is 5.42. The second-order valence-electron chi connectivity index (χ2n) is 6.32. The molecular weight excluding hydrogens is 368 g/mol. The molecule has 0 atom stereocenters. The Morgan fingerprint density at radius 1 is 0.966 bits per heavy atom. The van der Waals surface area contributed by atoms with Crippen molar-refractivity contribution >= 4 is 17.0 Å². The van der Waals surface area contributed by atoms with E-state index < -0.39 is 0 Å². The Hall–Kier alpha value is -3.80. The van der Waals surface area contributed by atoms with Crippen LogP contribution in [0.3, 0.4) is 0 Å². The number of nitrogens with zero attached hydrogens (tertiary/aromatic N) is 2. The van der Waals surface area contributed by atoms with Gasteiger partial charge in [-0.1, -0.05) is 40.6 Å². The van der Waals surface area contributed by atoms with E-state index in [0.717, 1.165) is 39.1 Å². The molecule has 0 bridgehead atoms. The largest absolute Gasteiger partial charge is 0.497 e. The first-order valence-electron chi connectivity index (χ1n) is 9.09. The molecule has 4 rings (SSSR count).